The van der Waals surface area contributed by atoms with E-state index >= 15 is 0 Å². The molecule has 0 saturated heterocycles. The molecule has 0 heterocycles. The minimum atomic E-state index is -4.07. The number of hydrogen-bond donors (Lipinski definition) is 4. The van der Waals surface area contributed by atoms with Crippen molar-refractivity contribution in [3.8, 4) is 0 Å². The van der Waals surface area contributed by atoms with Gasteiger partial charge in [0.2, 0.25) is 5.91 Å². The van der Waals surface area contributed by atoms with Crippen LogP contribution >= 0.6 is 0 Å². The number of amides is 3. The number of carbonyl (C=O) groups excluding carboxylic acids is 2. The third kappa shape index (κ3) is 5.94. The van der Waals surface area contributed by atoms with Gasteiger partial charge < -0.3 is 16.2 Å². The SMILES string of the molecule is CC[C@H]1[C@@H](O)[C@@H]2[C@H](CC[C@]3(C)C([C@H](C)CCNC(=O)NS(=O)(=O)c4ccc(C(C)(C)C(N)=O)cc4)CC[C@@H]23)[C@@]2(C)CCCC[C@@H]12. The van der Waals surface area contributed by atoms with Crippen LogP contribution in [0.1, 0.15) is 111 Å². The first kappa shape index (κ1) is 34.2. The van der Waals surface area contributed by atoms with Crippen molar-refractivity contribution in [2.75, 3.05) is 6.54 Å². The molecule has 9 heteroatoms. The van der Waals surface area contributed by atoms with Gasteiger partial charge in [-0.15, -0.1) is 0 Å². The smallest absolute Gasteiger partial charge is 0.328 e. The molecule has 4 aliphatic rings. The Hall–Kier alpha value is -2.13. The molecule has 252 valence electrons. The maximum atomic E-state index is 12.9. The largest absolute Gasteiger partial charge is 0.393 e. The molecule has 3 amide bonds. The fourth-order valence-corrected chi connectivity index (χ4v) is 12.0. The van der Waals surface area contributed by atoms with Crippen molar-refractivity contribution in [2.45, 2.75) is 122 Å². The van der Waals surface area contributed by atoms with Crippen LogP contribution in [0.25, 0.3) is 0 Å². The summed E-state index contributed by atoms with van der Waals surface area (Å²) < 4.78 is 27.8. The fraction of sp³-hybridized carbons (Fsp3) is 0.778. The maximum Gasteiger partial charge on any atom is 0.328 e. The van der Waals surface area contributed by atoms with Gasteiger partial charge in [0.05, 0.1) is 16.4 Å². The van der Waals surface area contributed by atoms with Crippen LogP contribution in [0.4, 0.5) is 4.79 Å². The number of nitrogens with two attached hydrogens (primary N) is 1. The van der Waals surface area contributed by atoms with Gasteiger partial charge in [0.1, 0.15) is 0 Å². The predicted molar refractivity (Wildman–Crippen MR) is 177 cm³/mol. The van der Waals surface area contributed by atoms with Crippen molar-refractivity contribution in [2.24, 2.45) is 58.0 Å². The second-order valence-corrected chi connectivity index (χ2v) is 17.8. The average Bonchev–Trinajstić information content (AvgIpc) is 3.34. The molecule has 4 fully saturated rings. The van der Waals surface area contributed by atoms with Crippen molar-refractivity contribution in [1.29, 1.82) is 0 Å². The highest BCUT2D eigenvalue weighted by molar-refractivity contribution is 7.90. The number of fused-ring (bicyclic) bond motifs is 5. The molecule has 8 nitrogen and oxygen atoms in total. The van der Waals surface area contributed by atoms with E-state index in [0.29, 0.717) is 58.9 Å². The summed E-state index contributed by atoms with van der Waals surface area (Å²) >= 11 is 0. The first-order valence-corrected chi connectivity index (χ1v) is 19.0. The van der Waals surface area contributed by atoms with E-state index in [9.17, 15) is 23.1 Å². The molecule has 1 unspecified atom stereocenters. The predicted octanol–water partition coefficient (Wildman–Crippen LogP) is 6.12. The summed E-state index contributed by atoms with van der Waals surface area (Å²) in [5, 5.41) is 14.7. The second-order valence-electron chi connectivity index (χ2n) is 16.1. The number of aliphatic hydroxyl groups excluding tert-OH is 1. The number of nitrogens with one attached hydrogen (secondary N) is 2. The minimum Gasteiger partial charge on any atom is -0.393 e. The lowest BCUT2D eigenvalue weighted by Crippen LogP contribution is -2.61. The van der Waals surface area contributed by atoms with Crippen LogP contribution in [0, 0.1) is 52.3 Å². The van der Waals surface area contributed by atoms with Crippen molar-refractivity contribution in [3.05, 3.63) is 29.8 Å². The molecule has 0 radical (unpaired) electrons. The molecule has 45 heavy (non-hydrogen) atoms. The van der Waals surface area contributed by atoms with Crippen LogP contribution in [0.5, 0.6) is 0 Å². The summed E-state index contributed by atoms with van der Waals surface area (Å²) in [5.41, 5.74) is 5.66. The first-order chi connectivity index (χ1) is 21.1. The molecule has 0 spiro atoms. The number of aliphatic hydroxyl groups is 1. The maximum absolute atomic E-state index is 12.9. The van der Waals surface area contributed by atoms with Crippen LogP contribution in [0.15, 0.2) is 29.2 Å². The lowest BCUT2D eigenvalue weighted by atomic mass is 9.41. The molecule has 0 aliphatic heterocycles. The Labute approximate surface area is 271 Å². The number of carbonyl (C=O) groups is 2. The minimum absolute atomic E-state index is 0.0563. The number of sulfonamides is 1. The highest BCUT2D eigenvalue weighted by Crippen LogP contribution is 2.69. The monoisotopic (exact) mass is 643 g/mol. The first-order valence-electron chi connectivity index (χ1n) is 17.5. The Kier molecular flexibility index (Phi) is 9.49. The highest BCUT2D eigenvalue weighted by Gasteiger charge is 2.64. The van der Waals surface area contributed by atoms with Crippen molar-refractivity contribution in [1.82, 2.24) is 10.0 Å². The normalized spacial score (nSPS) is 37.1. The van der Waals surface area contributed by atoms with E-state index < -0.39 is 27.4 Å². The molecule has 1 aromatic rings. The van der Waals surface area contributed by atoms with Crippen molar-refractivity contribution < 1.29 is 23.1 Å². The summed E-state index contributed by atoms with van der Waals surface area (Å²) in [6.45, 7) is 13.3. The third-order valence-corrected chi connectivity index (χ3v) is 15.1. The second kappa shape index (κ2) is 12.5. The summed E-state index contributed by atoms with van der Waals surface area (Å²) in [5.74, 6) is 2.98. The van der Waals surface area contributed by atoms with Gasteiger partial charge in [0, 0.05) is 6.54 Å². The zero-order valence-electron chi connectivity index (χ0n) is 28.3. The van der Waals surface area contributed by atoms with Gasteiger partial charge in [0.25, 0.3) is 10.0 Å². The molecular formula is C36H57N3O5S. The van der Waals surface area contributed by atoms with Crippen molar-refractivity contribution >= 4 is 22.0 Å². The molecule has 1 aromatic carbocycles. The Bertz CT molecular complexity index is 1360. The van der Waals surface area contributed by atoms with Crippen LogP contribution in [-0.4, -0.2) is 38.1 Å². The molecule has 0 aromatic heterocycles. The third-order valence-electron chi connectivity index (χ3n) is 13.7. The number of urea groups is 1. The zero-order chi connectivity index (χ0) is 32.9. The Balaban J connectivity index is 1.18. The van der Waals surface area contributed by atoms with Crippen LogP contribution in [0.2, 0.25) is 0 Å². The van der Waals surface area contributed by atoms with E-state index in [1.54, 1.807) is 26.0 Å². The van der Waals surface area contributed by atoms with Gasteiger partial charge in [0.15, 0.2) is 0 Å². The molecule has 5 rings (SSSR count). The number of primary amides is 1. The standard InChI is InChI=1S/C36H57N3O5S/c1-7-25-27-10-8-9-19-35(27,5)29-17-20-36(6)26(15-16-28(36)30(29)31(25)40)22(2)18-21-38-33(42)39-45(43,44)24-13-11-23(12-14-24)34(3,4)32(37)41/h11-14,22,25-31,40H,7-10,15-21H2,1-6H3,(H2,37,41)(H2,38,39,42)/t22-,25-,26?,27+,28+,29+,30+,31-,35+,36-/m1/s1. The summed E-state index contributed by atoms with van der Waals surface area (Å²) in [6, 6.07) is 5.11. The lowest BCUT2D eigenvalue weighted by Gasteiger charge is -2.64. The van der Waals surface area contributed by atoms with Gasteiger partial charge in [-0.05, 0) is 129 Å². The van der Waals surface area contributed by atoms with Crippen LogP contribution in [-0.2, 0) is 20.2 Å². The van der Waals surface area contributed by atoms with Crippen molar-refractivity contribution in [3.63, 3.8) is 0 Å². The Morgan fingerprint density at radius 3 is 2.31 bits per heavy atom. The number of hydrogen-bond acceptors (Lipinski definition) is 5. The van der Waals surface area contributed by atoms with E-state index in [4.69, 9.17) is 5.73 Å². The zero-order valence-corrected chi connectivity index (χ0v) is 29.1. The van der Waals surface area contributed by atoms with E-state index in [2.05, 4.69) is 37.7 Å². The fourth-order valence-electron chi connectivity index (χ4n) is 11.0. The molecule has 4 aliphatic carbocycles. The average molecular weight is 644 g/mol. The van der Waals surface area contributed by atoms with Gasteiger partial charge >= 0.3 is 6.03 Å². The van der Waals surface area contributed by atoms with Crippen LogP contribution < -0.4 is 15.8 Å². The topological polar surface area (TPSA) is 139 Å². The number of rotatable bonds is 9. The summed E-state index contributed by atoms with van der Waals surface area (Å²) in [7, 11) is -4.07. The van der Waals surface area contributed by atoms with E-state index in [1.807, 2.05) is 0 Å². The van der Waals surface area contributed by atoms with E-state index in [-0.39, 0.29) is 16.4 Å². The molecule has 5 N–H and O–H groups in total. The molecule has 10 atom stereocenters. The molecular weight excluding hydrogens is 586 g/mol. The van der Waals surface area contributed by atoms with Crippen LogP contribution in [0.3, 0.4) is 0 Å². The van der Waals surface area contributed by atoms with Gasteiger partial charge in [-0.25, -0.2) is 17.9 Å². The highest BCUT2D eigenvalue weighted by atomic mass is 32.2. The number of benzene rings is 1. The Morgan fingerprint density at radius 2 is 1.67 bits per heavy atom. The molecule has 0 bridgehead atoms. The van der Waals surface area contributed by atoms with Gasteiger partial charge in [-0.3, -0.25) is 4.79 Å². The van der Waals surface area contributed by atoms with E-state index in [0.717, 1.165) is 19.3 Å². The lowest BCUT2D eigenvalue weighted by molar-refractivity contribution is -0.194. The quantitative estimate of drug-likeness (QED) is 0.257. The van der Waals surface area contributed by atoms with E-state index in [1.165, 1.54) is 57.1 Å². The molecule has 4 saturated carbocycles. The Morgan fingerprint density at radius 1 is 1.00 bits per heavy atom. The van der Waals surface area contributed by atoms with Gasteiger partial charge in [-0.1, -0.05) is 59.1 Å². The summed E-state index contributed by atoms with van der Waals surface area (Å²) in [6.07, 6.45) is 11.6. The van der Waals surface area contributed by atoms with Gasteiger partial charge in [-0.2, -0.15) is 0 Å². The summed E-state index contributed by atoms with van der Waals surface area (Å²) in [4.78, 5) is 24.3.